The first-order chi connectivity index (χ1) is 13.7. The van der Waals surface area contributed by atoms with Crippen LogP contribution in [0.1, 0.15) is 26.3 Å². The summed E-state index contributed by atoms with van der Waals surface area (Å²) in [6.45, 7) is 9.60. The number of nitrogens with zero attached hydrogens (tertiary/aromatic N) is 3. The molecule has 0 radical (unpaired) electrons. The predicted molar refractivity (Wildman–Crippen MR) is 107 cm³/mol. The van der Waals surface area contributed by atoms with Crippen LogP contribution in [0.4, 0.5) is 15.3 Å². The van der Waals surface area contributed by atoms with Crippen molar-refractivity contribution in [2.24, 2.45) is 5.16 Å². The number of morpholine rings is 1. The number of ether oxygens (including phenoxy) is 2. The molecule has 160 valence electrons. The highest BCUT2D eigenvalue weighted by Crippen LogP contribution is 2.14. The van der Waals surface area contributed by atoms with Gasteiger partial charge in [0.15, 0.2) is 0 Å². The van der Waals surface area contributed by atoms with Crippen LogP contribution in [0.3, 0.4) is 0 Å². The van der Waals surface area contributed by atoms with Crippen molar-refractivity contribution < 1.29 is 29.0 Å². The molecule has 2 amide bonds. The fraction of sp³-hybridized carbons (Fsp3) is 0.526. The number of amides is 2. The zero-order valence-corrected chi connectivity index (χ0v) is 17.0. The summed E-state index contributed by atoms with van der Waals surface area (Å²) in [6.07, 6.45) is -0.668. The van der Waals surface area contributed by atoms with Gasteiger partial charge in [-0.05, 0) is 38.5 Å². The number of hydrogen-bond acceptors (Lipinski definition) is 7. The zero-order chi connectivity index (χ0) is 21.3. The van der Waals surface area contributed by atoms with Gasteiger partial charge in [-0.2, -0.15) is 5.01 Å². The SMILES string of the molecule is CC(C)(C)OC(=O)NN(C(=O)O)c1ccc(C=NOCCN2CCOCC2)cc1. The number of carboxylic acid groups (broad SMARTS) is 1. The molecule has 1 fully saturated rings. The van der Waals surface area contributed by atoms with Crippen LogP contribution in [-0.2, 0) is 14.3 Å². The van der Waals surface area contributed by atoms with Crippen molar-refractivity contribution in [3.05, 3.63) is 29.8 Å². The average Bonchev–Trinajstić information content (AvgIpc) is 2.66. The molecule has 2 N–H and O–H groups in total. The van der Waals surface area contributed by atoms with E-state index >= 15 is 0 Å². The molecular formula is C19H28N4O6. The lowest BCUT2D eigenvalue weighted by Gasteiger charge is -2.25. The summed E-state index contributed by atoms with van der Waals surface area (Å²) in [5.74, 6) is 0. The minimum Gasteiger partial charge on any atom is -0.463 e. The third-order valence-electron chi connectivity index (χ3n) is 3.82. The van der Waals surface area contributed by atoms with Crippen molar-refractivity contribution in [3.8, 4) is 0 Å². The molecule has 0 spiro atoms. The first-order valence-electron chi connectivity index (χ1n) is 9.33. The van der Waals surface area contributed by atoms with E-state index < -0.39 is 17.8 Å². The minimum absolute atomic E-state index is 0.258. The van der Waals surface area contributed by atoms with Crippen molar-refractivity contribution >= 4 is 24.1 Å². The molecule has 0 aliphatic carbocycles. The van der Waals surface area contributed by atoms with Crippen LogP contribution >= 0.6 is 0 Å². The van der Waals surface area contributed by atoms with Gasteiger partial charge in [0.1, 0.15) is 12.2 Å². The Morgan fingerprint density at radius 3 is 2.52 bits per heavy atom. The van der Waals surface area contributed by atoms with E-state index in [-0.39, 0.29) is 5.69 Å². The maximum absolute atomic E-state index is 11.8. The highest BCUT2D eigenvalue weighted by Gasteiger charge is 2.22. The first kappa shape index (κ1) is 22.4. The second kappa shape index (κ2) is 10.6. The van der Waals surface area contributed by atoms with Crippen molar-refractivity contribution in [3.63, 3.8) is 0 Å². The Balaban J connectivity index is 1.84. The van der Waals surface area contributed by atoms with E-state index in [9.17, 15) is 14.7 Å². The molecule has 1 aromatic carbocycles. The third kappa shape index (κ3) is 8.36. The summed E-state index contributed by atoms with van der Waals surface area (Å²) in [5, 5.41) is 14.0. The number of hydrazine groups is 1. The van der Waals surface area contributed by atoms with Crippen LogP contribution in [0.15, 0.2) is 29.4 Å². The molecule has 2 rings (SSSR count). The van der Waals surface area contributed by atoms with Gasteiger partial charge < -0.3 is 19.4 Å². The van der Waals surface area contributed by atoms with E-state index in [2.05, 4.69) is 15.5 Å². The van der Waals surface area contributed by atoms with Gasteiger partial charge in [-0.3, -0.25) is 4.90 Å². The van der Waals surface area contributed by atoms with Crippen LogP contribution in [-0.4, -0.2) is 73.5 Å². The van der Waals surface area contributed by atoms with Gasteiger partial charge in [0.2, 0.25) is 0 Å². The molecule has 0 saturated carbocycles. The zero-order valence-electron chi connectivity index (χ0n) is 17.0. The Bertz CT molecular complexity index is 696. The van der Waals surface area contributed by atoms with Gasteiger partial charge in [0.25, 0.3) is 0 Å². The van der Waals surface area contributed by atoms with E-state index in [0.717, 1.165) is 38.4 Å². The summed E-state index contributed by atoms with van der Waals surface area (Å²) in [5.41, 5.74) is 2.44. The molecule has 1 aliphatic rings. The van der Waals surface area contributed by atoms with E-state index in [1.54, 1.807) is 45.0 Å². The fourth-order valence-electron chi connectivity index (χ4n) is 2.47. The number of anilines is 1. The number of oxime groups is 1. The third-order valence-corrected chi connectivity index (χ3v) is 3.82. The van der Waals surface area contributed by atoms with E-state index in [1.807, 2.05) is 0 Å². The molecule has 1 aliphatic heterocycles. The van der Waals surface area contributed by atoms with Gasteiger partial charge in [0, 0.05) is 19.6 Å². The maximum Gasteiger partial charge on any atom is 0.431 e. The Kier molecular flexibility index (Phi) is 8.22. The standard InChI is InChI=1S/C19H28N4O6/c1-19(2,3)29-17(24)21-23(18(25)26)16-6-4-15(5-7-16)14-20-28-13-10-22-8-11-27-12-9-22/h4-7,14H,8-13H2,1-3H3,(H,21,24)(H,25,26). The normalized spacial score (nSPS) is 15.1. The monoisotopic (exact) mass is 408 g/mol. The van der Waals surface area contributed by atoms with E-state index in [0.29, 0.717) is 11.6 Å². The summed E-state index contributed by atoms with van der Waals surface area (Å²) in [4.78, 5) is 30.8. The molecule has 1 aromatic rings. The second-order valence-electron chi connectivity index (χ2n) is 7.34. The molecule has 0 bridgehead atoms. The molecular weight excluding hydrogens is 380 g/mol. The fourth-order valence-corrected chi connectivity index (χ4v) is 2.47. The molecule has 0 aromatic heterocycles. The van der Waals surface area contributed by atoms with Crippen molar-refractivity contribution in [2.45, 2.75) is 26.4 Å². The first-order valence-corrected chi connectivity index (χ1v) is 9.33. The number of carbonyl (C=O) groups is 2. The number of carbonyl (C=O) groups excluding carboxylic acids is 1. The summed E-state index contributed by atoms with van der Waals surface area (Å²) in [6, 6.07) is 6.41. The highest BCUT2D eigenvalue weighted by molar-refractivity contribution is 5.90. The van der Waals surface area contributed by atoms with Gasteiger partial charge in [0.05, 0.1) is 25.1 Å². The Morgan fingerprint density at radius 2 is 1.93 bits per heavy atom. The summed E-state index contributed by atoms with van der Waals surface area (Å²) in [7, 11) is 0. The van der Waals surface area contributed by atoms with Crippen molar-refractivity contribution in [1.29, 1.82) is 0 Å². The van der Waals surface area contributed by atoms with Gasteiger partial charge in [-0.25, -0.2) is 15.0 Å². The molecule has 29 heavy (non-hydrogen) atoms. The second-order valence-corrected chi connectivity index (χ2v) is 7.34. The Morgan fingerprint density at radius 1 is 1.28 bits per heavy atom. The molecule has 1 heterocycles. The lowest BCUT2D eigenvalue weighted by molar-refractivity contribution is 0.0214. The summed E-state index contributed by atoms with van der Waals surface area (Å²) < 4.78 is 10.4. The molecule has 10 nitrogen and oxygen atoms in total. The van der Waals surface area contributed by atoms with Crippen LogP contribution in [0.25, 0.3) is 0 Å². The van der Waals surface area contributed by atoms with Gasteiger partial charge >= 0.3 is 12.2 Å². The Labute approximate surface area is 170 Å². The molecule has 10 heteroatoms. The largest absolute Gasteiger partial charge is 0.463 e. The summed E-state index contributed by atoms with van der Waals surface area (Å²) >= 11 is 0. The maximum atomic E-state index is 11.8. The van der Waals surface area contributed by atoms with Gasteiger partial charge in [-0.1, -0.05) is 17.3 Å². The minimum atomic E-state index is -1.34. The lowest BCUT2D eigenvalue weighted by Crippen LogP contribution is -2.47. The topological polar surface area (TPSA) is 113 Å². The number of benzene rings is 1. The van der Waals surface area contributed by atoms with Crippen molar-refractivity contribution in [2.75, 3.05) is 44.5 Å². The van der Waals surface area contributed by atoms with Gasteiger partial charge in [-0.15, -0.1) is 0 Å². The van der Waals surface area contributed by atoms with Crippen LogP contribution in [0.5, 0.6) is 0 Å². The molecule has 0 atom stereocenters. The number of hydrogen-bond donors (Lipinski definition) is 2. The smallest absolute Gasteiger partial charge is 0.431 e. The van der Waals surface area contributed by atoms with Crippen molar-refractivity contribution in [1.82, 2.24) is 10.3 Å². The van der Waals surface area contributed by atoms with E-state index in [4.69, 9.17) is 14.3 Å². The number of rotatable bonds is 6. The molecule has 1 saturated heterocycles. The average molecular weight is 408 g/mol. The Hall–Kier alpha value is -2.85. The highest BCUT2D eigenvalue weighted by atomic mass is 16.6. The van der Waals surface area contributed by atoms with Crippen LogP contribution < -0.4 is 10.4 Å². The van der Waals surface area contributed by atoms with Crippen LogP contribution in [0.2, 0.25) is 0 Å². The predicted octanol–water partition coefficient (Wildman–Crippen LogP) is 2.29. The van der Waals surface area contributed by atoms with Crippen LogP contribution in [0, 0.1) is 0 Å². The van der Waals surface area contributed by atoms with E-state index in [1.165, 1.54) is 6.21 Å². The molecule has 0 unspecified atom stereocenters. The quantitative estimate of drug-likeness (QED) is 0.422. The lowest BCUT2D eigenvalue weighted by atomic mass is 10.2. The number of nitrogens with one attached hydrogen (secondary N) is 1.